The van der Waals surface area contributed by atoms with Gasteiger partial charge in [-0.1, -0.05) is 89.9 Å². The molecule has 5 aromatic rings. The Morgan fingerprint density at radius 1 is 0.943 bits per heavy atom. The van der Waals surface area contributed by atoms with Gasteiger partial charge in [-0.2, -0.15) is 5.10 Å². The summed E-state index contributed by atoms with van der Waals surface area (Å²) >= 11 is 13.3. The van der Waals surface area contributed by atoms with Crippen LogP contribution in [0.5, 0.6) is 0 Å². The zero-order chi connectivity index (χ0) is 24.4. The van der Waals surface area contributed by atoms with Gasteiger partial charge >= 0.3 is 0 Å². The minimum atomic E-state index is -0.452. The molecule has 0 saturated carbocycles. The van der Waals surface area contributed by atoms with E-state index in [-0.39, 0.29) is 0 Å². The van der Waals surface area contributed by atoms with Crippen molar-refractivity contribution in [1.29, 1.82) is 0 Å². The van der Waals surface area contributed by atoms with Crippen LogP contribution in [0.3, 0.4) is 0 Å². The molecule has 5 rings (SSSR count). The van der Waals surface area contributed by atoms with E-state index in [2.05, 4.69) is 20.7 Å². The molecule has 0 fully saturated rings. The molecule has 6 nitrogen and oxygen atoms in total. The van der Waals surface area contributed by atoms with Gasteiger partial charge in [-0.05, 0) is 17.7 Å². The number of thiophene rings is 1. The summed E-state index contributed by atoms with van der Waals surface area (Å²) in [7, 11) is 0. The lowest BCUT2D eigenvalue weighted by Gasteiger charge is -2.11. The van der Waals surface area contributed by atoms with Crippen molar-refractivity contribution in [2.75, 3.05) is 5.73 Å². The lowest BCUT2D eigenvalue weighted by molar-refractivity contribution is 0.0960. The van der Waals surface area contributed by atoms with Crippen molar-refractivity contribution in [3.8, 4) is 22.4 Å². The molecule has 9 heteroatoms. The molecule has 3 aromatic carbocycles. The fourth-order valence-corrected chi connectivity index (χ4v) is 5.07. The summed E-state index contributed by atoms with van der Waals surface area (Å²) in [6.07, 6.45) is 1.45. The van der Waals surface area contributed by atoms with Gasteiger partial charge in [-0.15, -0.1) is 21.5 Å². The first-order valence-electron chi connectivity index (χ1n) is 10.5. The number of fused-ring (bicyclic) bond motifs is 1. The quantitative estimate of drug-likeness (QED) is 0.201. The van der Waals surface area contributed by atoms with Crippen LogP contribution in [0.15, 0.2) is 84.0 Å². The molecule has 0 atom stereocenters. The first kappa shape index (κ1) is 23.0. The van der Waals surface area contributed by atoms with Crippen LogP contribution >= 0.6 is 34.5 Å². The SMILES string of the molecule is Nc1c(C(=O)NN=Cc2ccc(Cl)cc2Cl)sc2nnc(-c3ccccc3)c(-c3ccccc3)c12. The Morgan fingerprint density at radius 2 is 1.63 bits per heavy atom. The molecule has 35 heavy (non-hydrogen) atoms. The fraction of sp³-hybridized carbons (Fsp3) is 0. The van der Waals surface area contributed by atoms with Gasteiger partial charge in [-0.25, -0.2) is 5.43 Å². The standard InChI is InChI=1S/C26H17Cl2N5OS/c27-18-12-11-17(19(28)13-18)14-30-32-25(34)24-22(29)21-20(15-7-3-1-4-8-15)23(31-33-26(21)35-24)16-9-5-2-6-10-16/h1-14H,29H2,(H,32,34). The molecule has 3 N–H and O–H groups in total. The lowest BCUT2D eigenvalue weighted by Crippen LogP contribution is -2.17. The smallest absolute Gasteiger partial charge is 0.283 e. The van der Waals surface area contributed by atoms with Gasteiger partial charge in [0.05, 0.1) is 16.9 Å². The topological polar surface area (TPSA) is 93.3 Å². The van der Waals surface area contributed by atoms with Crippen molar-refractivity contribution in [3.05, 3.63) is 99.3 Å². The Labute approximate surface area is 215 Å². The number of hydrogen-bond acceptors (Lipinski definition) is 6. The van der Waals surface area contributed by atoms with Gasteiger partial charge < -0.3 is 5.73 Å². The van der Waals surface area contributed by atoms with Gasteiger partial charge in [0.25, 0.3) is 5.91 Å². The number of halogens is 2. The summed E-state index contributed by atoms with van der Waals surface area (Å²) in [5.74, 6) is -0.452. The number of hydrazone groups is 1. The van der Waals surface area contributed by atoms with Crippen LogP contribution in [0.2, 0.25) is 10.0 Å². The maximum atomic E-state index is 13.0. The average molecular weight is 518 g/mol. The Bertz CT molecular complexity index is 1570. The predicted octanol–water partition coefficient (Wildman–Crippen LogP) is 6.68. The minimum Gasteiger partial charge on any atom is -0.397 e. The predicted molar refractivity (Wildman–Crippen MR) is 144 cm³/mol. The van der Waals surface area contributed by atoms with Crippen molar-refractivity contribution >= 4 is 62.6 Å². The van der Waals surface area contributed by atoms with Crippen LogP contribution < -0.4 is 11.2 Å². The number of nitrogen functional groups attached to an aromatic ring is 1. The van der Waals surface area contributed by atoms with Crippen LogP contribution in [-0.2, 0) is 0 Å². The van der Waals surface area contributed by atoms with E-state index >= 15 is 0 Å². The number of nitrogens with zero attached hydrogens (tertiary/aromatic N) is 3. The minimum absolute atomic E-state index is 0.302. The van der Waals surface area contributed by atoms with Gasteiger partial charge in [-0.3, -0.25) is 4.79 Å². The summed E-state index contributed by atoms with van der Waals surface area (Å²) in [4.78, 5) is 13.8. The number of aromatic nitrogens is 2. The number of nitrogens with one attached hydrogen (secondary N) is 1. The summed E-state index contributed by atoms with van der Waals surface area (Å²) in [6.45, 7) is 0. The van der Waals surface area contributed by atoms with E-state index in [0.29, 0.717) is 42.1 Å². The average Bonchev–Trinajstić information content (AvgIpc) is 3.22. The number of amides is 1. The van der Waals surface area contributed by atoms with Crippen molar-refractivity contribution in [2.45, 2.75) is 0 Å². The van der Waals surface area contributed by atoms with Crippen molar-refractivity contribution in [1.82, 2.24) is 15.6 Å². The number of anilines is 1. The highest BCUT2D eigenvalue weighted by molar-refractivity contribution is 7.21. The monoisotopic (exact) mass is 517 g/mol. The molecular weight excluding hydrogens is 501 g/mol. The second-order valence-corrected chi connectivity index (χ2v) is 9.39. The maximum absolute atomic E-state index is 13.0. The summed E-state index contributed by atoms with van der Waals surface area (Å²) in [6, 6.07) is 24.6. The molecule has 0 bridgehead atoms. The number of nitrogens with two attached hydrogens (primary N) is 1. The Morgan fingerprint density at radius 3 is 2.31 bits per heavy atom. The highest BCUT2D eigenvalue weighted by Gasteiger charge is 2.23. The number of hydrogen-bond donors (Lipinski definition) is 2. The van der Waals surface area contributed by atoms with Gasteiger partial charge in [0.2, 0.25) is 0 Å². The third kappa shape index (κ3) is 4.61. The molecule has 0 saturated heterocycles. The molecule has 0 radical (unpaired) electrons. The third-order valence-corrected chi connectivity index (χ3v) is 6.95. The molecule has 172 valence electrons. The van der Waals surface area contributed by atoms with E-state index in [1.807, 2.05) is 60.7 Å². The molecule has 0 unspecified atom stereocenters. The van der Waals surface area contributed by atoms with E-state index in [0.717, 1.165) is 16.7 Å². The van der Waals surface area contributed by atoms with Crippen molar-refractivity contribution in [3.63, 3.8) is 0 Å². The van der Waals surface area contributed by atoms with Gasteiger partial charge in [0, 0.05) is 27.1 Å². The van der Waals surface area contributed by atoms with E-state index in [1.165, 1.54) is 17.6 Å². The summed E-state index contributed by atoms with van der Waals surface area (Å²) in [5.41, 5.74) is 13.4. The van der Waals surface area contributed by atoms with E-state index in [4.69, 9.17) is 28.9 Å². The summed E-state index contributed by atoms with van der Waals surface area (Å²) in [5, 5.41) is 14.6. The molecule has 0 spiro atoms. The van der Waals surface area contributed by atoms with Crippen LogP contribution in [0.1, 0.15) is 15.2 Å². The number of carbonyl (C=O) groups excluding carboxylic acids is 1. The molecule has 2 aromatic heterocycles. The fourth-order valence-electron chi connectivity index (χ4n) is 3.68. The van der Waals surface area contributed by atoms with Crippen molar-refractivity contribution < 1.29 is 4.79 Å². The second kappa shape index (κ2) is 9.84. The Kier molecular flexibility index (Phi) is 6.46. The molecule has 0 aliphatic heterocycles. The number of benzene rings is 3. The van der Waals surface area contributed by atoms with Crippen LogP contribution in [-0.4, -0.2) is 22.3 Å². The third-order valence-electron chi connectivity index (χ3n) is 5.30. The van der Waals surface area contributed by atoms with Gasteiger partial charge in [0.1, 0.15) is 15.4 Å². The second-order valence-electron chi connectivity index (χ2n) is 7.55. The van der Waals surface area contributed by atoms with Gasteiger partial charge in [0.15, 0.2) is 0 Å². The van der Waals surface area contributed by atoms with E-state index < -0.39 is 5.91 Å². The number of carbonyl (C=O) groups is 1. The molecule has 0 aliphatic carbocycles. The molecule has 1 amide bonds. The number of rotatable bonds is 5. The zero-order valence-electron chi connectivity index (χ0n) is 18.1. The van der Waals surface area contributed by atoms with Crippen LogP contribution in [0, 0.1) is 0 Å². The Balaban J connectivity index is 1.56. The van der Waals surface area contributed by atoms with Crippen molar-refractivity contribution in [2.24, 2.45) is 5.10 Å². The maximum Gasteiger partial charge on any atom is 0.283 e. The Hall–Kier alpha value is -3.78. The normalized spacial score (nSPS) is 11.3. The molecule has 2 heterocycles. The van der Waals surface area contributed by atoms with E-state index in [1.54, 1.807) is 18.2 Å². The first-order chi connectivity index (χ1) is 17.0. The van der Waals surface area contributed by atoms with Crippen LogP contribution in [0.4, 0.5) is 5.69 Å². The lowest BCUT2D eigenvalue weighted by atomic mass is 9.96. The largest absolute Gasteiger partial charge is 0.397 e. The van der Waals surface area contributed by atoms with Crippen LogP contribution in [0.25, 0.3) is 32.6 Å². The molecular formula is C26H17Cl2N5OS. The molecule has 0 aliphatic rings. The zero-order valence-corrected chi connectivity index (χ0v) is 20.4. The van der Waals surface area contributed by atoms with E-state index in [9.17, 15) is 4.79 Å². The highest BCUT2D eigenvalue weighted by Crippen LogP contribution is 2.42. The highest BCUT2D eigenvalue weighted by atomic mass is 35.5. The first-order valence-corrected chi connectivity index (χ1v) is 12.1. The summed E-state index contributed by atoms with van der Waals surface area (Å²) < 4.78 is 0.